The van der Waals surface area contributed by atoms with E-state index in [0.717, 1.165) is 43.7 Å². The van der Waals surface area contributed by atoms with E-state index in [4.69, 9.17) is 11.6 Å². The molecule has 1 unspecified atom stereocenters. The molecule has 1 spiro atoms. The molecule has 1 amide bonds. The summed E-state index contributed by atoms with van der Waals surface area (Å²) >= 11 is 6.10. The molecule has 2 heterocycles. The first-order valence-corrected chi connectivity index (χ1v) is 7.24. The minimum atomic E-state index is 0.128. The molecule has 0 aliphatic carbocycles. The molecule has 102 valence electrons. The number of nitrogens with one attached hydrogen (secondary N) is 1. The van der Waals surface area contributed by atoms with Gasteiger partial charge in [-0.2, -0.15) is 0 Å². The summed E-state index contributed by atoms with van der Waals surface area (Å²) in [6.45, 7) is 5.79. The molecule has 2 saturated heterocycles. The van der Waals surface area contributed by atoms with E-state index < -0.39 is 0 Å². The summed E-state index contributed by atoms with van der Waals surface area (Å²) in [5, 5.41) is 4.08. The van der Waals surface area contributed by atoms with Crippen LogP contribution < -0.4 is 5.32 Å². The summed E-state index contributed by atoms with van der Waals surface area (Å²) in [7, 11) is 0. The van der Waals surface area contributed by atoms with Gasteiger partial charge in [0.1, 0.15) is 0 Å². The van der Waals surface area contributed by atoms with Crippen molar-refractivity contribution in [2.75, 3.05) is 26.2 Å². The van der Waals surface area contributed by atoms with Crippen LogP contribution in [0.5, 0.6) is 0 Å². The van der Waals surface area contributed by atoms with Gasteiger partial charge in [0.2, 0.25) is 0 Å². The monoisotopic (exact) mass is 278 g/mol. The molecule has 1 atom stereocenters. The van der Waals surface area contributed by atoms with E-state index in [1.54, 1.807) is 0 Å². The lowest BCUT2D eigenvalue weighted by Gasteiger charge is -2.23. The molecule has 1 aromatic carbocycles. The normalized spacial score (nSPS) is 26.3. The van der Waals surface area contributed by atoms with Crippen molar-refractivity contribution in [3.63, 3.8) is 0 Å². The molecule has 3 rings (SSSR count). The highest BCUT2D eigenvalue weighted by Crippen LogP contribution is 2.36. The summed E-state index contributed by atoms with van der Waals surface area (Å²) < 4.78 is 0. The van der Waals surface area contributed by atoms with Gasteiger partial charge in [-0.15, -0.1) is 0 Å². The maximum absolute atomic E-state index is 12.6. The van der Waals surface area contributed by atoms with Gasteiger partial charge in [-0.1, -0.05) is 17.7 Å². The van der Waals surface area contributed by atoms with Gasteiger partial charge in [-0.25, -0.2) is 0 Å². The molecule has 0 saturated carbocycles. The minimum absolute atomic E-state index is 0.128. The Labute approximate surface area is 118 Å². The average Bonchev–Trinajstić information content (AvgIpc) is 3.03. The number of halogens is 1. The predicted molar refractivity (Wildman–Crippen MR) is 76.6 cm³/mol. The van der Waals surface area contributed by atoms with Gasteiger partial charge in [0.15, 0.2) is 0 Å². The number of benzene rings is 1. The zero-order valence-electron chi connectivity index (χ0n) is 11.2. The first-order chi connectivity index (χ1) is 9.11. The Morgan fingerprint density at radius 3 is 3.00 bits per heavy atom. The maximum Gasteiger partial charge on any atom is 0.254 e. The second-order valence-corrected chi connectivity index (χ2v) is 6.22. The zero-order valence-corrected chi connectivity index (χ0v) is 12.0. The third kappa shape index (κ3) is 2.26. The van der Waals surface area contributed by atoms with E-state index in [0.29, 0.717) is 10.4 Å². The molecule has 1 aromatic rings. The van der Waals surface area contributed by atoms with Crippen molar-refractivity contribution in [1.29, 1.82) is 0 Å². The minimum Gasteiger partial charge on any atom is -0.338 e. The lowest BCUT2D eigenvalue weighted by molar-refractivity contribution is 0.0775. The second-order valence-electron chi connectivity index (χ2n) is 5.82. The van der Waals surface area contributed by atoms with Gasteiger partial charge in [0.25, 0.3) is 5.91 Å². The summed E-state index contributed by atoms with van der Waals surface area (Å²) in [4.78, 5) is 14.6. The van der Waals surface area contributed by atoms with Crippen LogP contribution in [0.15, 0.2) is 18.2 Å². The fraction of sp³-hybridized carbons (Fsp3) is 0.533. The van der Waals surface area contributed by atoms with Gasteiger partial charge >= 0.3 is 0 Å². The van der Waals surface area contributed by atoms with Crippen molar-refractivity contribution in [3.05, 3.63) is 34.3 Å². The molecule has 0 bridgehead atoms. The van der Waals surface area contributed by atoms with Crippen LogP contribution in [0.3, 0.4) is 0 Å². The van der Waals surface area contributed by atoms with Crippen LogP contribution >= 0.6 is 11.6 Å². The predicted octanol–water partition coefficient (Wildman–Crippen LogP) is 2.47. The van der Waals surface area contributed by atoms with Crippen molar-refractivity contribution in [2.45, 2.75) is 19.8 Å². The molecule has 2 fully saturated rings. The number of nitrogens with zero attached hydrogens (tertiary/aromatic N) is 1. The highest BCUT2D eigenvalue weighted by Gasteiger charge is 2.42. The second kappa shape index (κ2) is 4.80. The van der Waals surface area contributed by atoms with Gasteiger partial charge in [-0.3, -0.25) is 4.79 Å². The summed E-state index contributed by atoms with van der Waals surface area (Å²) in [6, 6.07) is 5.56. The number of likely N-dealkylation sites (tertiary alicyclic amines) is 1. The van der Waals surface area contributed by atoms with Crippen LogP contribution in [0.2, 0.25) is 5.02 Å². The summed E-state index contributed by atoms with van der Waals surface area (Å²) in [5.41, 5.74) is 1.96. The first-order valence-electron chi connectivity index (χ1n) is 6.86. The highest BCUT2D eigenvalue weighted by atomic mass is 35.5. The zero-order chi connectivity index (χ0) is 13.5. The lowest BCUT2D eigenvalue weighted by atomic mass is 9.86. The van der Waals surface area contributed by atoms with Crippen molar-refractivity contribution >= 4 is 17.5 Å². The van der Waals surface area contributed by atoms with Crippen LogP contribution in [0.1, 0.15) is 28.8 Å². The van der Waals surface area contributed by atoms with Crippen molar-refractivity contribution in [3.8, 4) is 0 Å². The lowest BCUT2D eigenvalue weighted by Crippen LogP contribution is -2.33. The van der Waals surface area contributed by atoms with Crippen LogP contribution in [-0.4, -0.2) is 37.0 Å². The number of hydrogen-bond acceptors (Lipinski definition) is 2. The van der Waals surface area contributed by atoms with Gasteiger partial charge in [0, 0.05) is 35.6 Å². The van der Waals surface area contributed by atoms with Crippen LogP contribution in [0, 0.1) is 12.3 Å². The Kier molecular flexibility index (Phi) is 3.27. The van der Waals surface area contributed by atoms with Crippen molar-refractivity contribution < 1.29 is 4.79 Å². The van der Waals surface area contributed by atoms with E-state index in [2.05, 4.69) is 5.32 Å². The molecule has 1 N–H and O–H groups in total. The fourth-order valence-electron chi connectivity index (χ4n) is 3.26. The Morgan fingerprint density at radius 1 is 1.42 bits per heavy atom. The topological polar surface area (TPSA) is 32.3 Å². The quantitative estimate of drug-likeness (QED) is 0.856. The molecular formula is C15H19ClN2O. The Balaban J connectivity index is 1.80. The molecule has 2 aliphatic rings. The molecule has 2 aliphatic heterocycles. The maximum atomic E-state index is 12.6. The fourth-order valence-corrected chi connectivity index (χ4v) is 3.44. The number of carbonyl (C=O) groups excluding carboxylic acids is 1. The Hall–Kier alpha value is -1.06. The van der Waals surface area contributed by atoms with Crippen LogP contribution in [0.4, 0.5) is 0 Å². The van der Waals surface area contributed by atoms with Gasteiger partial charge in [-0.05, 0) is 44.0 Å². The Morgan fingerprint density at radius 2 is 2.26 bits per heavy atom. The third-order valence-electron chi connectivity index (χ3n) is 4.56. The largest absolute Gasteiger partial charge is 0.338 e. The van der Waals surface area contributed by atoms with Crippen molar-refractivity contribution in [2.24, 2.45) is 5.41 Å². The molecule has 19 heavy (non-hydrogen) atoms. The number of rotatable bonds is 1. The van der Waals surface area contributed by atoms with E-state index in [1.165, 1.54) is 6.42 Å². The van der Waals surface area contributed by atoms with Crippen LogP contribution in [-0.2, 0) is 0 Å². The Bertz CT molecular complexity index is 509. The highest BCUT2D eigenvalue weighted by molar-refractivity contribution is 6.31. The summed E-state index contributed by atoms with van der Waals surface area (Å²) in [6.07, 6.45) is 2.30. The first kappa shape index (κ1) is 12.9. The average molecular weight is 279 g/mol. The number of carbonyl (C=O) groups is 1. The van der Waals surface area contributed by atoms with Gasteiger partial charge < -0.3 is 10.2 Å². The summed E-state index contributed by atoms with van der Waals surface area (Å²) in [5.74, 6) is 0.128. The van der Waals surface area contributed by atoms with E-state index >= 15 is 0 Å². The van der Waals surface area contributed by atoms with Crippen LogP contribution in [0.25, 0.3) is 0 Å². The SMILES string of the molecule is Cc1c(Cl)cccc1C(=O)N1CCC2(CCNC2)C1. The number of hydrogen-bond donors (Lipinski definition) is 1. The molecule has 4 heteroatoms. The number of amides is 1. The van der Waals surface area contributed by atoms with E-state index in [-0.39, 0.29) is 5.91 Å². The smallest absolute Gasteiger partial charge is 0.254 e. The van der Waals surface area contributed by atoms with Crippen molar-refractivity contribution in [1.82, 2.24) is 10.2 Å². The van der Waals surface area contributed by atoms with Gasteiger partial charge in [0.05, 0.1) is 0 Å². The molecule has 3 nitrogen and oxygen atoms in total. The molecule has 0 aromatic heterocycles. The van der Waals surface area contributed by atoms with E-state index in [9.17, 15) is 4.79 Å². The standard InChI is InChI=1S/C15H19ClN2O/c1-11-12(3-2-4-13(11)16)14(19)18-8-6-15(10-18)5-7-17-9-15/h2-4,17H,5-10H2,1H3. The van der Waals surface area contributed by atoms with E-state index in [1.807, 2.05) is 30.0 Å². The molecular weight excluding hydrogens is 260 g/mol. The molecule has 0 radical (unpaired) electrons. The third-order valence-corrected chi connectivity index (χ3v) is 4.97.